The van der Waals surface area contributed by atoms with Gasteiger partial charge in [-0.3, -0.25) is 4.79 Å². The van der Waals surface area contributed by atoms with Crippen molar-refractivity contribution in [2.75, 3.05) is 0 Å². The van der Waals surface area contributed by atoms with E-state index in [0.29, 0.717) is 6.42 Å². The molecule has 3 heteroatoms. The number of hydrogen-bond acceptors (Lipinski definition) is 2. The number of ketones is 1. The molecule has 0 amide bonds. The van der Waals surface area contributed by atoms with Gasteiger partial charge in [0.2, 0.25) is 0 Å². The number of carbonyl (C=O) groups excluding carboxylic acids is 1. The van der Waals surface area contributed by atoms with E-state index in [0.717, 1.165) is 11.1 Å². The quantitative estimate of drug-likeness (QED) is 0.832. The monoisotopic (exact) mass is 281 g/mol. The Bertz CT molecular complexity index is 688. The Hall–Kier alpha value is -2.47. The molecule has 0 radical (unpaired) electrons. The first kappa shape index (κ1) is 14.9. The second kappa shape index (κ2) is 6.81. The maximum atomic E-state index is 13.7. The SMILES string of the molecule is Cc1cccc(CCC(=O)C(C#N)c2ccccc2F)c1. The van der Waals surface area contributed by atoms with E-state index in [2.05, 4.69) is 0 Å². The summed E-state index contributed by atoms with van der Waals surface area (Å²) in [7, 11) is 0. The molecule has 0 heterocycles. The lowest BCUT2D eigenvalue weighted by Crippen LogP contribution is -2.13. The van der Waals surface area contributed by atoms with Crippen molar-refractivity contribution >= 4 is 5.78 Å². The van der Waals surface area contributed by atoms with E-state index >= 15 is 0 Å². The highest BCUT2D eigenvalue weighted by molar-refractivity contribution is 5.88. The fraction of sp³-hybridized carbons (Fsp3) is 0.222. The first-order chi connectivity index (χ1) is 10.1. The highest BCUT2D eigenvalue weighted by Gasteiger charge is 2.22. The smallest absolute Gasteiger partial charge is 0.154 e. The van der Waals surface area contributed by atoms with Gasteiger partial charge < -0.3 is 0 Å². The van der Waals surface area contributed by atoms with Crippen molar-refractivity contribution in [1.82, 2.24) is 0 Å². The van der Waals surface area contributed by atoms with Crippen molar-refractivity contribution in [3.05, 3.63) is 71.0 Å². The van der Waals surface area contributed by atoms with Crippen molar-refractivity contribution in [2.24, 2.45) is 0 Å². The molecule has 2 aromatic rings. The fourth-order valence-corrected chi connectivity index (χ4v) is 2.30. The second-order valence-corrected chi connectivity index (χ2v) is 5.04. The van der Waals surface area contributed by atoms with E-state index < -0.39 is 11.7 Å². The molecule has 0 saturated carbocycles. The van der Waals surface area contributed by atoms with Crippen LogP contribution in [0, 0.1) is 24.1 Å². The lowest BCUT2D eigenvalue weighted by atomic mass is 9.92. The zero-order chi connectivity index (χ0) is 15.2. The molecule has 1 unspecified atom stereocenters. The van der Waals surface area contributed by atoms with E-state index in [1.807, 2.05) is 37.3 Å². The molecule has 2 rings (SSSR count). The molecule has 1 atom stereocenters. The number of halogens is 1. The number of rotatable bonds is 5. The van der Waals surface area contributed by atoms with E-state index in [-0.39, 0.29) is 17.8 Å². The Morgan fingerprint density at radius 3 is 2.67 bits per heavy atom. The minimum Gasteiger partial charge on any atom is -0.298 e. The molecule has 0 aliphatic carbocycles. The van der Waals surface area contributed by atoms with Gasteiger partial charge in [0, 0.05) is 12.0 Å². The van der Waals surface area contributed by atoms with Gasteiger partial charge in [-0.1, -0.05) is 48.0 Å². The van der Waals surface area contributed by atoms with Crippen LogP contribution in [0.4, 0.5) is 4.39 Å². The first-order valence-electron chi connectivity index (χ1n) is 6.84. The Morgan fingerprint density at radius 1 is 1.24 bits per heavy atom. The van der Waals surface area contributed by atoms with Gasteiger partial charge in [-0.25, -0.2) is 4.39 Å². The zero-order valence-corrected chi connectivity index (χ0v) is 11.8. The average molecular weight is 281 g/mol. The minimum atomic E-state index is -1.03. The normalized spacial score (nSPS) is 11.7. The molecule has 0 N–H and O–H groups in total. The standard InChI is InChI=1S/C18H16FNO/c1-13-5-4-6-14(11-13)9-10-18(21)16(12-20)15-7-2-3-8-17(15)19/h2-8,11,16H,9-10H2,1H3. The number of benzene rings is 2. The Labute approximate surface area is 123 Å². The van der Waals surface area contributed by atoms with Gasteiger partial charge in [-0.15, -0.1) is 0 Å². The third kappa shape index (κ3) is 3.76. The maximum Gasteiger partial charge on any atom is 0.154 e. The maximum absolute atomic E-state index is 13.7. The molecule has 2 nitrogen and oxygen atoms in total. The van der Waals surface area contributed by atoms with Crippen LogP contribution in [0.3, 0.4) is 0 Å². The Balaban J connectivity index is 2.08. The summed E-state index contributed by atoms with van der Waals surface area (Å²) in [6.45, 7) is 1.99. The minimum absolute atomic E-state index is 0.161. The average Bonchev–Trinajstić information content (AvgIpc) is 2.48. The fourth-order valence-electron chi connectivity index (χ4n) is 2.30. The largest absolute Gasteiger partial charge is 0.298 e. The molecule has 0 spiro atoms. The molecule has 0 aliphatic heterocycles. The predicted octanol–water partition coefficient (Wildman–Crippen LogP) is 3.94. The number of nitrogens with zero attached hydrogens (tertiary/aromatic N) is 1. The molecule has 0 fully saturated rings. The number of carbonyl (C=O) groups is 1. The van der Waals surface area contributed by atoms with Gasteiger partial charge in [-0.2, -0.15) is 5.26 Å². The lowest BCUT2D eigenvalue weighted by molar-refractivity contribution is -0.119. The van der Waals surface area contributed by atoms with Crippen LogP contribution >= 0.6 is 0 Å². The lowest BCUT2D eigenvalue weighted by Gasteiger charge is -2.09. The van der Waals surface area contributed by atoms with Crippen LogP contribution in [0.15, 0.2) is 48.5 Å². The Kier molecular flexibility index (Phi) is 4.84. The van der Waals surface area contributed by atoms with E-state index in [1.165, 1.54) is 12.1 Å². The molecule has 0 aromatic heterocycles. The molecule has 106 valence electrons. The van der Waals surface area contributed by atoms with Crippen molar-refractivity contribution < 1.29 is 9.18 Å². The van der Waals surface area contributed by atoms with Crippen LogP contribution in [-0.4, -0.2) is 5.78 Å². The molecule has 21 heavy (non-hydrogen) atoms. The number of aryl methyl sites for hydroxylation is 2. The van der Waals surface area contributed by atoms with Gasteiger partial charge >= 0.3 is 0 Å². The van der Waals surface area contributed by atoms with Crippen LogP contribution < -0.4 is 0 Å². The van der Waals surface area contributed by atoms with Crippen LogP contribution in [-0.2, 0) is 11.2 Å². The highest BCUT2D eigenvalue weighted by atomic mass is 19.1. The summed E-state index contributed by atoms with van der Waals surface area (Å²) in [5.41, 5.74) is 2.34. The zero-order valence-electron chi connectivity index (χ0n) is 11.8. The van der Waals surface area contributed by atoms with Crippen LogP contribution in [0.25, 0.3) is 0 Å². The van der Waals surface area contributed by atoms with E-state index in [9.17, 15) is 14.4 Å². The topological polar surface area (TPSA) is 40.9 Å². The summed E-state index contributed by atoms with van der Waals surface area (Å²) in [6.07, 6.45) is 0.795. The van der Waals surface area contributed by atoms with Gasteiger partial charge in [0.05, 0.1) is 6.07 Å². The third-order valence-corrected chi connectivity index (χ3v) is 3.41. The van der Waals surface area contributed by atoms with Gasteiger partial charge in [0.25, 0.3) is 0 Å². The summed E-state index contributed by atoms with van der Waals surface area (Å²) in [5.74, 6) is -1.78. The van der Waals surface area contributed by atoms with Crippen molar-refractivity contribution in [1.29, 1.82) is 5.26 Å². The highest BCUT2D eigenvalue weighted by Crippen LogP contribution is 2.21. The van der Waals surface area contributed by atoms with E-state index in [4.69, 9.17) is 0 Å². The Morgan fingerprint density at radius 2 is 2.00 bits per heavy atom. The number of nitriles is 1. The molecule has 0 bridgehead atoms. The second-order valence-electron chi connectivity index (χ2n) is 5.04. The molecular weight excluding hydrogens is 265 g/mol. The van der Waals surface area contributed by atoms with Gasteiger partial charge in [-0.05, 0) is 25.0 Å². The summed E-state index contributed by atoms with van der Waals surface area (Å²) in [4.78, 5) is 12.2. The third-order valence-electron chi connectivity index (χ3n) is 3.41. The first-order valence-corrected chi connectivity index (χ1v) is 6.84. The van der Waals surface area contributed by atoms with Crippen LogP contribution in [0.5, 0.6) is 0 Å². The summed E-state index contributed by atoms with van der Waals surface area (Å²) in [6, 6.07) is 15.8. The van der Waals surface area contributed by atoms with E-state index in [1.54, 1.807) is 12.1 Å². The van der Waals surface area contributed by atoms with Crippen molar-refractivity contribution in [3.8, 4) is 6.07 Å². The number of hydrogen-bond donors (Lipinski definition) is 0. The molecule has 0 saturated heterocycles. The van der Waals surface area contributed by atoms with Crippen LogP contribution in [0.1, 0.15) is 29.0 Å². The van der Waals surface area contributed by atoms with Gasteiger partial charge in [0.1, 0.15) is 11.7 Å². The summed E-state index contributed by atoms with van der Waals surface area (Å²) >= 11 is 0. The molecule has 0 aliphatic rings. The van der Waals surface area contributed by atoms with Crippen molar-refractivity contribution in [2.45, 2.75) is 25.7 Å². The molecular formula is C18H16FNO. The molecule has 2 aromatic carbocycles. The number of Topliss-reactive ketones (excluding diaryl/α,β-unsaturated/α-hetero) is 1. The summed E-state index contributed by atoms with van der Waals surface area (Å²) in [5, 5.41) is 9.18. The van der Waals surface area contributed by atoms with Crippen LogP contribution in [0.2, 0.25) is 0 Å². The van der Waals surface area contributed by atoms with Gasteiger partial charge in [0.15, 0.2) is 5.78 Å². The van der Waals surface area contributed by atoms with Crippen molar-refractivity contribution in [3.63, 3.8) is 0 Å². The summed E-state index contributed by atoms with van der Waals surface area (Å²) < 4.78 is 13.7. The predicted molar refractivity (Wildman–Crippen MR) is 79.3 cm³/mol.